The third-order valence-electron chi connectivity index (χ3n) is 2.60. The number of hydrogen-bond acceptors (Lipinski definition) is 4. The average molecular weight is 226 g/mol. The van der Waals surface area contributed by atoms with Crippen molar-refractivity contribution in [2.75, 3.05) is 20.3 Å². The van der Waals surface area contributed by atoms with Crippen LogP contribution in [0.1, 0.15) is 18.0 Å². The van der Waals surface area contributed by atoms with Crippen molar-refractivity contribution >= 4 is 0 Å². The van der Waals surface area contributed by atoms with Crippen LogP contribution >= 0.6 is 0 Å². The van der Waals surface area contributed by atoms with Gasteiger partial charge in [-0.25, -0.2) is 4.39 Å². The molecule has 1 unspecified atom stereocenters. The van der Waals surface area contributed by atoms with Crippen LogP contribution in [0.4, 0.5) is 4.39 Å². The molecule has 0 saturated carbocycles. The van der Waals surface area contributed by atoms with E-state index < -0.39 is 0 Å². The van der Waals surface area contributed by atoms with Gasteiger partial charge in [0.2, 0.25) is 0 Å². The number of pyridine rings is 1. The molecule has 1 aliphatic heterocycles. The first-order valence-corrected chi connectivity index (χ1v) is 5.30. The van der Waals surface area contributed by atoms with Crippen molar-refractivity contribution in [3.8, 4) is 0 Å². The van der Waals surface area contributed by atoms with Gasteiger partial charge in [0, 0.05) is 18.7 Å². The van der Waals surface area contributed by atoms with Crippen LogP contribution in [0.15, 0.2) is 18.5 Å². The van der Waals surface area contributed by atoms with E-state index in [-0.39, 0.29) is 18.1 Å². The van der Waals surface area contributed by atoms with Crippen LogP contribution in [0, 0.1) is 5.82 Å². The smallest absolute Gasteiger partial charge is 0.159 e. The summed E-state index contributed by atoms with van der Waals surface area (Å²) < 4.78 is 23.7. The predicted molar refractivity (Wildman–Crippen MR) is 56.3 cm³/mol. The standard InChI is InChI=1S/C11H15FN2O2/c1-13-10(5-11-15-2-3-16-11)8-4-9(12)7-14-6-8/h4,6-7,10-11,13H,2-3,5H2,1H3. The number of halogens is 1. The Morgan fingerprint density at radius 2 is 2.25 bits per heavy atom. The zero-order chi connectivity index (χ0) is 11.4. The second kappa shape index (κ2) is 5.34. The van der Waals surface area contributed by atoms with E-state index in [4.69, 9.17) is 9.47 Å². The van der Waals surface area contributed by atoms with Gasteiger partial charge in [-0.05, 0) is 18.7 Å². The molecular weight excluding hydrogens is 211 g/mol. The van der Waals surface area contributed by atoms with Gasteiger partial charge < -0.3 is 14.8 Å². The fraction of sp³-hybridized carbons (Fsp3) is 0.545. The Balaban J connectivity index is 2.03. The fourth-order valence-electron chi connectivity index (χ4n) is 1.78. The molecule has 0 aliphatic carbocycles. The Morgan fingerprint density at radius 1 is 1.50 bits per heavy atom. The molecule has 2 rings (SSSR count). The molecule has 0 spiro atoms. The lowest BCUT2D eigenvalue weighted by molar-refractivity contribution is -0.0526. The summed E-state index contributed by atoms with van der Waals surface area (Å²) in [4.78, 5) is 3.83. The van der Waals surface area contributed by atoms with Crippen molar-refractivity contribution in [1.82, 2.24) is 10.3 Å². The van der Waals surface area contributed by atoms with Gasteiger partial charge in [0.25, 0.3) is 0 Å². The molecule has 1 saturated heterocycles. The molecule has 16 heavy (non-hydrogen) atoms. The molecule has 1 atom stereocenters. The summed E-state index contributed by atoms with van der Waals surface area (Å²) in [6, 6.07) is 1.47. The van der Waals surface area contributed by atoms with Gasteiger partial charge in [0.05, 0.1) is 19.4 Å². The van der Waals surface area contributed by atoms with Crippen molar-refractivity contribution in [2.24, 2.45) is 0 Å². The molecule has 4 nitrogen and oxygen atoms in total. The highest BCUT2D eigenvalue weighted by Gasteiger charge is 2.21. The van der Waals surface area contributed by atoms with Gasteiger partial charge >= 0.3 is 0 Å². The Hall–Kier alpha value is -1.04. The van der Waals surface area contributed by atoms with Crippen LogP contribution in [0.25, 0.3) is 0 Å². The molecule has 0 amide bonds. The molecule has 1 aromatic rings. The molecule has 2 heterocycles. The highest BCUT2D eigenvalue weighted by Crippen LogP contribution is 2.21. The maximum Gasteiger partial charge on any atom is 0.159 e. The first-order chi connectivity index (χ1) is 7.79. The minimum Gasteiger partial charge on any atom is -0.350 e. The number of hydrogen-bond donors (Lipinski definition) is 1. The van der Waals surface area contributed by atoms with E-state index in [9.17, 15) is 4.39 Å². The van der Waals surface area contributed by atoms with Crippen molar-refractivity contribution < 1.29 is 13.9 Å². The molecule has 5 heteroatoms. The maximum absolute atomic E-state index is 13.0. The lowest BCUT2D eigenvalue weighted by atomic mass is 10.1. The Kier molecular flexibility index (Phi) is 3.82. The van der Waals surface area contributed by atoms with Crippen molar-refractivity contribution in [1.29, 1.82) is 0 Å². The SMILES string of the molecule is CNC(CC1OCCO1)c1cncc(F)c1. The highest BCUT2D eigenvalue weighted by molar-refractivity contribution is 5.15. The van der Waals surface area contributed by atoms with E-state index >= 15 is 0 Å². The van der Waals surface area contributed by atoms with Gasteiger partial charge in [0.15, 0.2) is 6.29 Å². The quantitative estimate of drug-likeness (QED) is 0.839. The normalized spacial score (nSPS) is 18.9. The maximum atomic E-state index is 13.0. The minimum atomic E-state index is -0.328. The van der Waals surface area contributed by atoms with E-state index in [0.29, 0.717) is 19.6 Å². The number of ether oxygens (including phenoxy) is 2. The largest absolute Gasteiger partial charge is 0.350 e. The van der Waals surface area contributed by atoms with Gasteiger partial charge in [0.1, 0.15) is 5.82 Å². The number of nitrogens with zero attached hydrogens (tertiary/aromatic N) is 1. The van der Waals surface area contributed by atoms with E-state index in [1.807, 2.05) is 7.05 Å². The number of nitrogens with one attached hydrogen (secondary N) is 1. The van der Waals surface area contributed by atoms with Crippen molar-refractivity contribution in [3.63, 3.8) is 0 Å². The summed E-state index contributed by atoms with van der Waals surface area (Å²) in [7, 11) is 1.82. The monoisotopic (exact) mass is 226 g/mol. The lowest BCUT2D eigenvalue weighted by Crippen LogP contribution is -2.23. The summed E-state index contributed by atoms with van der Waals surface area (Å²) in [6.45, 7) is 1.25. The van der Waals surface area contributed by atoms with Crippen molar-refractivity contribution in [2.45, 2.75) is 18.8 Å². The topological polar surface area (TPSA) is 43.4 Å². The van der Waals surface area contributed by atoms with E-state index in [1.54, 1.807) is 6.20 Å². The highest BCUT2D eigenvalue weighted by atomic mass is 19.1. The van der Waals surface area contributed by atoms with Crippen LogP contribution in [-0.4, -0.2) is 31.5 Å². The molecule has 1 fully saturated rings. The van der Waals surface area contributed by atoms with Gasteiger partial charge in [-0.2, -0.15) is 0 Å². The van der Waals surface area contributed by atoms with Gasteiger partial charge in [-0.1, -0.05) is 0 Å². The van der Waals surface area contributed by atoms with Crippen LogP contribution in [0.3, 0.4) is 0 Å². The lowest BCUT2D eigenvalue weighted by Gasteiger charge is -2.19. The van der Waals surface area contributed by atoms with Crippen LogP contribution < -0.4 is 5.32 Å². The second-order valence-corrected chi connectivity index (χ2v) is 3.68. The van der Waals surface area contributed by atoms with E-state index in [1.165, 1.54) is 12.3 Å². The van der Waals surface area contributed by atoms with E-state index in [0.717, 1.165) is 5.56 Å². The first-order valence-electron chi connectivity index (χ1n) is 5.30. The van der Waals surface area contributed by atoms with Crippen LogP contribution in [-0.2, 0) is 9.47 Å². The van der Waals surface area contributed by atoms with Crippen LogP contribution in [0.5, 0.6) is 0 Å². The minimum absolute atomic E-state index is 0.00806. The molecule has 0 bridgehead atoms. The van der Waals surface area contributed by atoms with Crippen LogP contribution in [0.2, 0.25) is 0 Å². The molecule has 88 valence electrons. The van der Waals surface area contributed by atoms with Gasteiger partial charge in [-0.3, -0.25) is 4.98 Å². The first kappa shape index (κ1) is 11.4. The summed E-state index contributed by atoms with van der Waals surface area (Å²) in [5.41, 5.74) is 0.807. The molecule has 0 aromatic carbocycles. The van der Waals surface area contributed by atoms with Crippen molar-refractivity contribution in [3.05, 3.63) is 29.8 Å². The Morgan fingerprint density at radius 3 is 2.88 bits per heavy atom. The Bertz CT molecular complexity index is 343. The summed E-state index contributed by atoms with van der Waals surface area (Å²) >= 11 is 0. The second-order valence-electron chi connectivity index (χ2n) is 3.68. The number of rotatable bonds is 4. The fourth-order valence-corrected chi connectivity index (χ4v) is 1.78. The molecular formula is C11H15FN2O2. The molecule has 0 radical (unpaired) electrons. The van der Waals surface area contributed by atoms with Gasteiger partial charge in [-0.15, -0.1) is 0 Å². The summed E-state index contributed by atoms with van der Waals surface area (Å²) in [5.74, 6) is -0.328. The Labute approximate surface area is 93.8 Å². The third-order valence-corrected chi connectivity index (χ3v) is 2.60. The molecule has 1 aromatic heterocycles. The average Bonchev–Trinajstić information content (AvgIpc) is 2.78. The zero-order valence-corrected chi connectivity index (χ0v) is 9.15. The predicted octanol–water partition coefficient (Wildman–Crippen LogP) is 1.24. The van der Waals surface area contributed by atoms with E-state index in [2.05, 4.69) is 10.3 Å². The molecule has 1 N–H and O–H groups in total. The summed E-state index contributed by atoms with van der Waals surface area (Å²) in [5, 5.41) is 3.11. The molecule has 1 aliphatic rings. The zero-order valence-electron chi connectivity index (χ0n) is 9.15. The summed E-state index contributed by atoms with van der Waals surface area (Å²) in [6.07, 6.45) is 3.29. The third kappa shape index (κ3) is 2.75. The number of aromatic nitrogens is 1.